The molecule has 1 saturated heterocycles. The predicted molar refractivity (Wildman–Crippen MR) is 62.4 cm³/mol. The third-order valence-electron chi connectivity index (χ3n) is 3.13. The maximum atomic E-state index is 12.3. The summed E-state index contributed by atoms with van der Waals surface area (Å²) in [6.45, 7) is 2.00. The van der Waals surface area contributed by atoms with Gasteiger partial charge in [-0.05, 0) is 6.92 Å². The highest BCUT2D eigenvalue weighted by Crippen LogP contribution is 2.38. The number of carbonyl (C=O) groups excluding carboxylic acids is 2. The van der Waals surface area contributed by atoms with Crippen molar-refractivity contribution in [3.63, 3.8) is 0 Å². The summed E-state index contributed by atoms with van der Waals surface area (Å²) >= 11 is 1.19. The lowest BCUT2D eigenvalue weighted by Gasteiger charge is -2.38. The molecular formula is C10H11N3O4S. The van der Waals surface area contributed by atoms with Gasteiger partial charge in [0.15, 0.2) is 5.72 Å². The summed E-state index contributed by atoms with van der Waals surface area (Å²) < 4.78 is 0. The molecule has 1 atom stereocenters. The minimum atomic E-state index is -1.06. The molecule has 2 amide bonds. The Balaban J connectivity index is 2.01. The first-order chi connectivity index (χ1) is 8.54. The van der Waals surface area contributed by atoms with Crippen molar-refractivity contribution >= 4 is 28.2 Å². The number of rotatable bonds is 1. The Bertz CT molecular complexity index is 535. The zero-order chi connectivity index (χ0) is 12.9. The fourth-order valence-electron chi connectivity index (χ4n) is 2.11. The summed E-state index contributed by atoms with van der Waals surface area (Å²) in [5, 5.41) is 1.95. The van der Waals surface area contributed by atoms with Gasteiger partial charge >= 0.3 is 0 Å². The Morgan fingerprint density at radius 1 is 1.50 bits per heavy atom. The van der Waals surface area contributed by atoms with E-state index in [2.05, 4.69) is 5.64 Å². The van der Waals surface area contributed by atoms with Crippen molar-refractivity contribution in [1.29, 1.82) is 0 Å². The molecule has 0 unspecified atom stereocenters. The third kappa shape index (κ3) is 1.40. The maximum absolute atomic E-state index is 12.3. The molecule has 8 heteroatoms. The summed E-state index contributed by atoms with van der Waals surface area (Å²) in [6.07, 6.45) is 0.394. The number of amides is 2. The van der Waals surface area contributed by atoms with Crippen molar-refractivity contribution in [2.75, 3.05) is 12.3 Å². The number of imide groups is 1. The Morgan fingerprint density at radius 3 is 2.89 bits per heavy atom. The van der Waals surface area contributed by atoms with E-state index in [0.717, 1.165) is 4.90 Å². The second kappa shape index (κ2) is 3.75. The van der Waals surface area contributed by atoms with Crippen molar-refractivity contribution in [3.8, 4) is 0 Å². The summed E-state index contributed by atoms with van der Waals surface area (Å²) in [5.41, 5.74) is 7.53. The molecule has 0 bridgehead atoms. The number of nitrogens with two attached hydrogens (primary N) is 1. The second-order valence-electron chi connectivity index (χ2n) is 4.29. The standard InChI is InChI=1S/C10H11N3O4S/c1-10(2-3-16-12-17-10)13-8(14)5-4-18-7(11)6(5)9(13)15/h4,12H,2-3,11H2,1H3/t10-/m0/s1. The van der Waals surface area contributed by atoms with E-state index in [1.165, 1.54) is 11.3 Å². The number of hydrogen-bond donors (Lipinski definition) is 2. The predicted octanol–water partition coefficient (Wildman–Crippen LogP) is 0.499. The van der Waals surface area contributed by atoms with Crippen LogP contribution in [0.1, 0.15) is 34.1 Å². The van der Waals surface area contributed by atoms with E-state index in [-0.39, 0.29) is 11.5 Å². The Kier molecular flexibility index (Phi) is 2.42. The van der Waals surface area contributed by atoms with Gasteiger partial charge in [-0.25, -0.2) is 9.74 Å². The fourth-order valence-corrected chi connectivity index (χ4v) is 2.89. The summed E-state index contributed by atoms with van der Waals surface area (Å²) in [6, 6.07) is 0. The van der Waals surface area contributed by atoms with Crippen molar-refractivity contribution in [1.82, 2.24) is 10.5 Å². The van der Waals surface area contributed by atoms with Gasteiger partial charge in [0.05, 0.1) is 22.7 Å². The van der Waals surface area contributed by atoms with E-state index in [1.54, 1.807) is 12.3 Å². The van der Waals surface area contributed by atoms with Gasteiger partial charge in [0.25, 0.3) is 11.8 Å². The van der Waals surface area contributed by atoms with Gasteiger partial charge in [0.1, 0.15) is 0 Å². The van der Waals surface area contributed by atoms with Crippen LogP contribution in [0.4, 0.5) is 5.00 Å². The van der Waals surface area contributed by atoms with Crippen LogP contribution in [0, 0.1) is 0 Å². The highest BCUT2D eigenvalue weighted by Gasteiger charge is 2.50. The third-order valence-corrected chi connectivity index (χ3v) is 3.94. The number of nitrogens with zero attached hydrogens (tertiary/aromatic N) is 1. The van der Waals surface area contributed by atoms with Crippen LogP contribution in [0.15, 0.2) is 5.38 Å². The molecule has 0 aromatic carbocycles. The van der Waals surface area contributed by atoms with Gasteiger partial charge < -0.3 is 5.73 Å². The zero-order valence-electron chi connectivity index (χ0n) is 9.56. The molecule has 3 rings (SSSR count). The molecule has 7 nitrogen and oxygen atoms in total. The molecule has 3 heterocycles. The van der Waals surface area contributed by atoms with Crippen LogP contribution in [-0.4, -0.2) is 29.0 Å². The summed E-state index contributed by atoms with van der Waals surface area (Å²) in [4.78, 5) is 35.6. The average molecular weight is 269 g/mol. The maximum Gasteiger partial charge on any atom is 0.266 e. The van der Waals surface area contributed by atoms with Crippen molar-refractivity contribution in [3.05, 3.63) is 16.5 Å². The molecule has 2 aliphatic rings. The van der Waals surface area contributed by atoms with Gasteiger partial charge in [-0.3, -0.25) is 14.4 Å². The molecule has 3 N–H and O–H groups in total. The normalized spacial score (nSPS) is 27.7. The Hall–Kier alpha value is -1.48. The average Bonchev–Trinajstić information content (AvgIpc) is 2.82. The van der Waals surface area contributed by atoms with Crippen LogP contribution in [0.25, 0.3) is 0 Å². The molecule has 1 aromatic heterocycles. The lowest BCUT2D eigenvalue weighted by molar-refractivity contribution is -0.302. The largest absolute Gasteiger partial charge is 0.390 e. The highest BCUT2D eigenvalue weighted by atomic mass is 32.1. The number of thiophene rings is 1. The summed E-state index contributed by atoms with van der Waals surface area (Å²) in [7, 11) is 0. The molecular weight excluding hydrogens is 258 g/mol. The lowest BCUT2D eigenvalue weighted by atomic mass is 10.1. The smallest absolute Gasteiger partial charge is 0.266 e. The number of anilines is 1. The van der Waals surface area contributed by atoms with Crippen LogP contribution < -0.4 is 11.4 Å². The van der Waals surface area contributed by atoms with Crippen LogP contribution in [-0.2, 0) is 9.68 Å². The molecule has 0 saturated carbocycles. The Morgan fingerprint density at radius 2 is 2.28 bits per heavy atom. The molecule has 0 aliphatic carbocycles. The molecule has 18 heavy (non-hydrogen) atoms. The molecule has 1 fully saturated rings. The topological polar surface area (TPSA) is 93.9 Å². The molecule has 0 spiro atoms. The number of hydrogen-bond acceptors (Lipinski definition) is 7. The zero-order valence-corrected chi connectivity index (χ0v) is 10.4. The van der Waals surface area contributed by atoms with Gasteiger partial charge in [-0.2, -0.15) is 0 Å². The van der Waals surface area contributed by atoms with E-state index in [1.807, 2.05) is 0 Å². The minimum absolute atomic E-state index is 0.279. The first-order valence-corrected chi connectivity index (χ1v) is 6.23. The number of carbonyl (C=O) groups is 2. The first-order valence-electron chi connectivity index (χ1n) is 5.35. The van der Waals surface area contributed by atoms with Crippen LogP contribution in [0.3, 0.4) is 0 Å². The Labute approximate surface area is 106 Å². The van der Waals surface area contributed by atoms with E-state index in [0.29, 0.717) is 23.6 Å². The molecule has 2 aliphatic heterocycles. The highest BCUT2D eigenvalue weighted by molar-refractivity contribution is 7.14. The van der Waals surface area contributed by atoms with E-state index in [4.69, 9.17) is 15.4 Å². The van der Waals surface area contributed by atoms with Gasteiger partial charge in [-0.1, -0.05) is 5.64 Å². The van der Waals surface area contributed by atoms with E-state index in [9.17, 15) is 9.59 Å². The summed E-state index contributed by atoms with van der Waals surface area (Å²) in [5.74, 6) is -0.797. The van der Waals surface area contributed by atoms with Crippen molar-refractivity contribution in [2.45, 2.75) is 19.1 Å². The lowest BCUT2D eigenvalue weighted by Crippen LogP contribution is -2.57. The van der Waals surface area contributed by atoms with Crippen molar-refractivity contribution < 1.29 is 19.3 Å². The fraction of sp³-hybridized carbons (Fsp3) is 0.400. The minimum Gasteiger partial charge on any atom is -0.390 e. The van der Waals surface area contributed by atoms with Crippen LogP contribution in [0.2, 0.25) is 0 Å². The quantitative estimate of drug-likeness (QED) is 0.721. The SMILES string of the molecule is C[C@@]1(N2C(=O)c3csc(N)c3C2=O)CCONO1. The first kappa shape index (κ1) is 11.6. The number of fused-ring (bicyclic) bond motifs is 1. The number of nitrogens with one attached hydrogen (secondary N) is 1. The van der Waals surface area contributed by atoms with Gasteiger partial charge in [-0.15, -0.1) is 11.3 Å². The van der Waals surface area contributed by atoms with E-state index < -0.39 is 11.6 Å². The number of nitrogen functional groups attached to an aromatic ring is 1. The molecule has 0 radical (unpaired) electrons. The van der Waals surface area contributed by atoms with Crippen LogP contribution in [0.5, 0.6) is 0 Å². The van der Waals surface area contributed by atoms with E-state index >= 15 is 0 Å². The van der Waals surface area contributed by atoms with Gasteiger partial charge in [0.2, 0.25) is 0 Å². The molecule has 96 valence electrons. The van der Waals surface area contributed by atoms with Crippen LogP contribution >= 0.6 is 11.3 Å². The monoisotopic (exact) mass is 269 g/mol. The second-order valence-corrected chi connectivity index (χ2v) is 5.20. The van der Waals surface area contributed by atoms with Crippen molar-refractivity contribution in [2.24, 2.45) is 0 Å². The molecule has 1 aromatic rings. The van der Waals surface area contributed by atoms with Gasteiger partial charge in [0, 0.05) is 11.8 Å².